The molecule has 9 heteroatoms. The Bertz CT molecular complexity index is 990. The van der Waals surface area contributed by atoms with Gasteiger partial charge in [-0.1, -0.05) is 23.9 Å². The number of carbonyl (C=O) groups is 2. The zero-order valence-electron chi connectivity index (χ0n) is 15.2. The minimum Gasteiger partial charge on any atom is -0.326 e. The number of rotatable bonds is 6. The summed E-state index contributed by atoms with van der Waals surface area (Å²) in [5, 5.41) is 12.1. The molecule has 1 aromatic heterocycles. The van der Waals surface area contributed by atoms with E-state index >= 15 is 0 Å². The summed E-state index contributed by atoms with van der Waals surface area (Å²) in [7, 11) is 0. The molecule has 2 aromatic carbocycles. The zero-order chi connectivity index (χ0) is 20.1. The van der Waals surface area contributed by atoms with Gasteiger partial charge in [-0.25, -0.2) is 9.37 Å². The Hall–Kier alpha value is -3.20. The highest BCUT2D eigenvalue weighted by Crippen LogP contribution is 2.25. The van der Waals surface area contributed by atoms with Crippen LogP contribution in [0.5, 0.6) is 0 Å². The van der Waals surface area contributed by atoms with Gasteiger partial charge in [0.2, 0.25) is 17.0 Å². The maximum Gasteiger partial charge on any atom is 0.237 e. The van der Waals surface area contributed by atoms with E-state index < -0.39 is 11.1 Å². The minimum absolute atomic E-state index is 0.164. The van der Waals surface area contributed by atoms with Crippen LogP contribution in [-0.2, 0) is 9.59 Å². The van der Waals surface area contributed by atoms with Crippen LogP contribution >= 0.6 is 11.8 Å². The second kappa shape index (κ2) is 8.66. The predicted molar refractivity (Wildman–Crippen MR) is 106 cm³/mol. The molecule has 0 bridgehead atoms. The molecule has 28 heavy (non-hydrogen) atoms. The summed E-state index contributed by atoms with van der Waals surface area (Å²) >= 11 is 1.16. The molecule has 1 atom stereocenters. The Kier molecular flexibility index (Phi) is 6.05. The van der Waals surface area contributed by atoms with E-state index in [9.17, 15) is 14.0 Å². The quantitative estimate of drug-likeness (QED) is 0.549. The number of nitrogens with zero attached hydrogens (tertiary/aromatic N) is 2. The Labute approximate surface area is 165 Å². The summed E-state index contributed by atoms with van der Waals surface area (Å²) in [5.74, 6) is -0.483. The molecule has 0 spiro atoms. The van der Waals surface area contributed by atoms with Crippen molar-refractivity contribution in [2.45, 2.75) is 24.3 Å². The number of H-pyrrole nitrogens is 1. The molecule has 0 fully saturated rings. The van der Waals surface area contributed by atoms with Crippen LogP contribution in [0, 0.1) is 5.82 Å². The second-order valence-electron chi connectivity index (χ2n) is 5.95. The van der Waals surface area contributed by atoms with E-state index in [1.165, 1.54) is 13.0 Å². The maximum atomic E-state index is 13.8. The van der Waals surface area contributed by atoms with Crippen molar-refractivity contribution in [2.24, 2.45) is 0 Å². The largest absolute Gasteiger partial charge is 0.326 e. The van der Waals surface area contributed by atoms with Crippen LogP contribution in [-0.4, -0.2) is 32.2 Å². The molecule has 0 aliphatic rings. The van der Waals surface area contributed by atoms with Crippen molar-refractivity contribution in [1.82, 2.24) is 15.2 Å². The average Bonchev–Trinajstić information content (AvgIpc) is 3.11. The summed E-state index contributed by atoms with van der Waals surface area (Å²) in [4.78, 5) is 27.7. The fraction of sp³-hybridized carbons (Fsp3) is 0.158. The number of benzene rings is 2. The first kappa shape index (κ1) is 19.6. The van der Waals surface area contributed by atoms with E-state index in [-0.39, 0.29) is 11.8 Å². The highest BCUT2D eigenvalue weighted by molar-refractivity contribution is 8.00. The van der Waals surface area contributed by atoms with Crippen molar-refractivity contribution in [3.63, 3.8) is 0 Å². The van der Waals surface area contributed by atoms with Gasteiger partial charge >= 0.3 is 0 Å². The molecule has 3 N–H and O–H groups in total. The summed E-state index contributed by atoms with van der Waals surface area (Å²) in [6, 6.07) is 13.0. The lowest BCUT2D eigenvalue weighted by atomic mass is 10.2. The van der Waals surface area contributed by atoms with Crippen LogP contribution in [0.3, 0.4) is 0 Å². The third kappa shape index (κ3) is 4.95. The molecule has 2 amide bonds. The number of hydrogen-bond acceptors (Lipinski definition) is 5. The number of hydrogen-bond donors (Lipinski definition) is 3. The predicted octanol–water partition coefficient (Wildman–Crippen LogP) is 3.69. The van der Waals surface area contributed by atoms with E-state index in [4.69, 9.17) is 0 Å². The first-order valence-corrected chi connectivity index (χ1v) is 9.33. The van der Waals surface area contributed by atoms with E-state index in [0.717, 1.165) is 11.8 Å². The third-order valence-electron chi connectivity index (χ3n) is 3.72. The number of carbonyl (C=O) groups excluding carboxylic acids is 2. The van der Waals surface area contributed by atoms with Gasteiger partial charge in [-0.05, 0) is 43.3 Å². The fourth-order valence-electron chi connectivity index (χ4n) is 2.37. The third-order valence-corrected chi connectivity index (χ3v) is 4.68. The van der Waals surface area contributed by atoms with Crippen LogP contribution in [0.4, 0.5) is 15.8 Å². The Morgan fingerprint density at radius 3 is 2.36 bits per heavy atom. The Morgan fingerprint density at radius 1 is 1.07 bits per heavy atom. The van der Waals surface area contributed by atoms with Gasteiger partial charge in [0.15, 0.2) is 5.82 Å². The summed E-state index contributed by atoms with van der Waals surface area (Å²) in [6.45, 7) is 3.15. The molecule has 1 heterocycles. The van der Waals surface area contributed by atoms with E-state index in [1.54, 1.807) is 49.4 Å². The number of thioether (sulfide) groups is 1. The van der Waals surface area contributed by atoms with E-state index in [0.29, 0.717) is 27.9 Å². The van der Waals surface area contributed by atoms with Gasteiger partial charge < -0.3 is 10.6 Å². The lowest BCUT2D eigenvalue weighted by Gasteiger charge is -2.10. The molecule has 0 saturated heterocycles. The van der Waals surface area contributed by atoms with Crippen molar-refractivity contribution in [3.8, 4) is 11.4 Å². The van der Waals surface area contributed by atoms with Gasteiger partial charge in [-0.2, -0.15) is 0 Å². The number of aromatic amines is 1. The van der Waals surface area contributed by atoms with Gasteiger partial charge in [0.05, 0.1) is 10.8 Å². The monoisotopic (exact) mass is 399 g/mol. The number of halogens is 1. The smallest absolute Gasteiger partial charge is 0.237 e. The normalized spacial score (nSPS) is 11.7. The highest BCUT2D eigenvalue weighted by Gasteiger charge is 2.18. The first-order chi connectivity index (χ1) is 13.4. The molecule has 0 saturated carbocycles. The van der Waals surface area contributed by atoms with Gasteiger partial charge in [0.25, 0.3) is 0 Å². The van der Waals surface area contributed by atoms with Crippen molar-refractivity contribution >= 4 is 35.0 Å². The molecule has 144 valence electrons. The van der Waals surface area contributed by atoms with E-state index in [2.05, 4.69) is 25.8 Å². The minimum atomic E-state index is -0.473. The second-order valence-corrected chi connectivity index (χ2v) is 7.26. The molecule has 0 unspecified atom stereocenters. The number of aromatic nitrogens is 3. The summed E-state index contributed by atoms with van der Waals surface area (Å²) in [6.07, 6.45) is 0. The van der Waals surface area contributed by atoms with Crippen LogP contribution in [0.1, 0.15) is 13.8 Å². The van der Waals surface area contributed by atoms with Gasteiger partial charge in [0, 0.05) is 18.3 Å². The molecular weight excluding hydrogens is 381 g/mol. The number of nitrogens with one attached hydrogen (secondary N) is 3. The van der Waals surface area contributed by atoms with Crippen molar-refractivity contribution in [3.05, 3.63) is 54.3 Å². The average molecular weight is 399 g/mol. The summed E-state index contributed by atoms with van der Waals surface area (Å²) < 4.78 is 13.8. The van der Waals surface area contributed by atoms with Crippen molar-refractivity contribution in [1.29, 1.82) is 0 Å². The van der Waals surface area contributed by atoms with Crippen LogP contribution in [0.15, 0.2) is 53.7 Å². The molecular formula is C19H18FN5O2S. The van der Waals surface area contributed by atoms with Gasteiger partial charge in [0.1, 0.15) is 5.82 Å². The maximum absolute atomic E-state index is 13.8. The van der Waals surface area contributed by atoms with Crippen molar-refractivity contribution in [2.75, 3.05) is 10.6 Å². The molecule has 0 aliphatic carbocycles. The number of anilines is 2. The highest BCUT2D eigenvalue weighted by atomic mass is 32.2. The van der Waals surface area contributed by atoms with E-state index in [1.807, 2.05) is 0 Å². The van der Waals surface area contributed by atoms with Crippen LogP contribution in [0.25, 0.3) is 11.4 Å². The molecule has 0 radical (unpaired) electrons. The topological polar surface area (TPSA) is 99.8 Å². The van der Waals surface area contributed by atoms with Crippen LogP contribution < -0.4 is 10.6 Å². The standard InChI is InChI=1S/C19H18FN5O2S/c1-11(18(27)22-14-9-7-13(8-10-14)21-12(2)26)28-19-23-17(24-25-19)15-5-3-4-6-16(15)20/h3-11H,1-2H3,(H,21,26)(H,22,27)(H,23,24,25)/t11-/m1/s1. The molecule has 0 aliphatic heterocycles. The Morgan fingerprint density at radius 2 is 1.71 bits per heavy atom. The van der Waals surface area contributed by atoms with Crippen LogP contribution in [0.2, 0.25) is 0 Å². The summed E-state index contributed by atoms with van der Waals surface area (Å²) in [5.41, 5.74) is 1.57. The fourth-order valence-corrected chi connectivity index (χ4v) is 3.09. The SMILES string of the molecule is CC(=O)Nc1ccc(NC(=O)[C@@H](C)Sc2n[nH]c(-c3ccccc3F)n2)cc1. The lowest BCUT2D eigenvalue weighted by Crippen LogP contribution is -2.22. The zero-order valence-corrected chi connectivity index (χ0v) is 16.0. The molecule has 7 nitrogen and oxygen atoms in total. The lowest BCUT2D eigenvalue weighted by molar-refractivity contribution is -0.115. The molecule has 3 rings (SSSR count). The van der Waals surface area contributed by atoms with Gasteiger partial charge in [-0.3, -0.25) is 14.7 Å². The number of amides is 2. The van der Waals surface area contributed by atoms with Gasteiger partial charge in [-0.15, -0.1) is 5.10 Å². The van der Waals surface area contributed by atoms with Crippen molar-refractivity contribution < 1.29 is 14.0 Å². The first-order valence-electron chi connectivity index (χ1n) is 8.45. The Balaban J connectivity index is 1.60. The molecule has 3 aromatic rings.